The molecule has 0 amide bonds. The summed E-state index contributed by atoms with van der Waals surface area (Å²) in [6.45, 7) is 0.531. The Morgan fingerprint density at radius 3 is 2.85 bits per heavy atom. The minimum absolute atomic E-state index is 0.241. The van der Waals surface area contributed by atoms with E-state index < -0.39 is 10.0 Å². The molecule has 1 aliphatic carbocycles. The fraction of sp³-hybridized carbons (Fsp3) is 0.381. The first-order valence-corrected chi connectivity index (χ1v) is 11.0. The Bertz CT molecular complexity index is 1110. The number of para-hydroxylation sites is 1. The van der Waals surface area contributed by atoms with Crippen LogP contribution in [0.5, 0.6) is 5.75 Å². The van der Waals surface area contributed by atoms with Crippen LogP contribution < -0.4 is 4.74 Å². The Hall–Kier alpha value is -2.34. The number of hydrogen-bond donors (Lipinski definition) is 0. The lowest BCUT2D eigenvalue weighted by Crippen LogP contribution is -2.13. The van der Waals surface area contributed by atoms with Crippen molar-refractivity contribution in [3.8, 4) is 5.75 Å². The van der Waals surface area contributed by atoms with Gasteiger partial charge in [0, 0.05) is 18.8 Å². The van der Waals surface area contributed by atoms with Crippen LogP contribution in [0.25, 0.3) is 11.0 Å². The number of ether oxygens (including phenoxy) is 1. The van der Waals surface area contributed by atoms with Crippen molar-refractivity contribution in [2.75, 3.05) is 6.61 Å². The first kappa shape index (κ1) is 16.8. The van der Waals surface area contributed by atoms with E-state index in [9.17, 15) is 8.42 Å². The van der Waals surface area contributed by atoms with Crippen LogP contribution in [0, 0.1) is 5.92 Å². The van der Waals surface area contributed by atoms with E-state index in [2.05, 4.69) is 4.98 Å². The van der Waals surface area contributed by atoms with Gasteiger partial charge in [0.05, 0.1) is 17.6 Å². The Morgan fingerprint density at radius 1 is 1.15 bits per heavy atom. The SMILES string of the molecule is O=S(=O)(c1cccc2c1OCC2)n1cc(CC2CCCC2)c2ncccc21. The highest BCUT2D eigenvalue weighted by Gasteiger charge is 2.29. The summed E-state index contributed by atoms with van der Waals surface area (Å²) in [6, 6.07) is 8.99. The Balaban J connectivity index is 1.65. The van der Waals surface area contributed by atoms with E-state index in [1.54, 1.807) is 30.6 Å². The molecule has 3 aromatic rings. The first-order valence-electron chi connectivity index (χ1n) is 9.60. The minimum Gasteiger partial charge on any atom is -0.492 e. The number of aromatic nitrogens is 2. The van der Waals surface area contributed by atoms with Crippen LogP contribution in [0.4, 0.5) is 0 Å². The third-order valence-electron chi connectivity index (χ3n) is 5.80. The highest BCUT2D eigenvalue weighted by molar-refractivity contribution is 7.90. The first-order chi connectivity index (χ1) is 13.1. The summed E-state index contributed by atoms with van der Waals surface area (Å²) in [6.07, 6.45) is 10.1. The molecule has 0 radical (unpaired) electrons. The number of nitrogens with zero attached hydrogens (tertiary/aromatic N) is 2. The van der Waals surface area contributed by atoms with Gasteiger partial charge in [0.25, 0.3) is 10.0 Å². The molecule has 1 saturated carbocycles. The summed E-state index contributed by atoms with van der Waals surface area (Å²) in [5.41, 5.74) is 3.41. The molecule has 5 rings (SSSR count). The van der Waals surface area contributed by atoms with Gasteiger partial charge in [0.2, 0.25) is 0 Å². The van der Waals surface area contributed by atoms with E-state index in [0.717, 1.165) is 29.5 Å². The van der Waals surface area contributed by atoms with E-state index in [4.69, 9.17) is 4.74 Å². The molecule has 1 aromatic carbocycles. The molecule has 1 aliphatic heterocycles. The molecule has 3 heterocycles. The van der Waals surface area contributed by atoms with E-state index in [1.165, 1.54) is 29.7 Å². The van der Waals surface area contributed by atoms with Crippen molar-refractivity contribution < 1.29 is 13.2 Å². The topological polar surface area (TPSA) is 61.2 Å². The van der Waals surface area contributed by atoms with Crippen LogP contribution in [0.1, 0.15) is 36.8 Å². The molecular formula is C21H22N2O3S. The van der Waals surface area contributed by atoms with Gasteiger partial charge < -0.3 is 4.74 Å². The molecule has 0 saturated heterocycles. The molecule has 0 N–H and O–H groups in total. The van der Waals surface area contributed by atoms with Gasteiger partial charge >= 0.3 is 0 Å². The Labute approximate surface area is 159 Å². The van der Waals surface area contributed by atoms with Crippen LogP contribution in [0.3, 0.4) is 0 Å². The molecule has 2 aliphatic rings. The number of benzene rings is 1. The second-order valence-corrected chi connectivity index (χ2v) is 9.31. The van der Waals surface area contributed by atoms with Crippen molar-refractivity contribution in [1.29, 1.82) is 0 Å². The molecule has 2 aromatic heterocycles. The minimum atomic E-state index is -3.75. The van der Waals surface area contributed by atoms with Gasteiger partial charge in [-0.25, -0.2) is 12.4 Å². The molecule has 140 valence electrons. The quantitative estimate of drug-likeness (QED) is 0.686. The maximum atomic E-state index is 13.5. The van der Waals surface area contributed by atoms with Gasteiger partial charge in [-0.05, 0) is 41.7 Å². The van der Waals surface area contributed by atoms with Gasteiger partial charge in [0.15, 0.2) is 0 Å². The van der Waals surface area contributed by atoms with E-state index >= 15 is 0 Å². The molecule has 5 nitrogen and oxygen atoms in total. The van der Waals surface area contributed by atoms with Gasteiger partial charge in [-0.1, -0.05) is 37.8 Å². The lowest BCUT2D eigenvalue weighted by molar-refractivity contribution is 0.348. The normalized spacial score (nSPS) is 17.3. The summed E-state index contributed by atoms with van der Waals surface area (Å²) < 4.78 is 34.1. The predicted octanol–water partition coefficient (Wildman–Crippen LogP) is 3.94. The summed E-state index contributed by atoms with van der Waals surface area (Å²) >= 11 is 0. The molecule has 1 fully saturated rings. The lowest BCUT2D eigenvalue weighted by atomic mass is 9.99. The second-order valence-electron chi connectivity index (χ2n) is 7.52. The molecule has 0 unspecified atom stereocenters. The van der Waals surface area contributed by atoms with Gasteiger partial charge in [-0.15, -0.1) is 0 Å². The lowest BCUT2D eigenvalue weighted by Gasteiger charge is -2.11. The number of fused-ring (bicyclic) bond motifs is 2. The summed E-state index contributed by atoms with van der Waals surface area (Å²) in [5.74, 6) is 1.12. The number of pyridine rings is 1. The Morgan fingerprint density at radius 2 is 2.00 bits per heavy atom. The van der Waals surface area contributed by atoms with Crippen molar-refractivity contribution >= 4 is 21.1 Å². The maximum Gasteiger partial charge on any atom is 0.271 e. The molecular weight excluding hydrogens is 360 g/mol. The van der Waals surface area contributed by atoms with Crippen LogP contribution in [-0.2, 0) is 22.9 Å². The van der Waals surface area contributed by atoms with Crippen LogP contribution >= 0.6 is 0 Å². The van der Waals surface area contributed by atoms with E-state index in [-0.39, 0.29) is 4.90 Å². The zero-order valence-corrected chi connectivity index (χ0v) is 15.9. The Kier molecular flexibility index (Phi) is 3.97. The van der Waals surface area contributed by atoms with Gasteiger partial charge in [0.1, 0.15) is 10.6 Å². The third kappa shape index (κ3) is 2.74. The van der Waals surface area contributed by atoms with Crippen LogP contribution in [-0.4, -0.2) is 24.0 Å². The van der Waals surface area contributed by atoms with Crippen molar-refractivity contribution in [2.45, 2.75) is 43.4 Å². The standard InChI is InChI=1S/C21H22N2O3S/c24-27(25,19-9-3-7-16-10-12-26-21(16)19)23-14-17(13-15-5-1-2-6-15)20-18(23)8-4-11-22-20/h3-4,7-9,11,14-15H,1-2,5-6,10,12-13H2. The predicted molar refractivity (Wildman–Crippen MR) is 104 cm³/mol. The third-order valence-corrected chi connectivity index (χ3v) is 7.50. The summed E-state index contributed by atoms with van der Waals surface area (Å²) in [5, 5.41) is 0. The average molecular weight is 382 g/mol. The summed E-state index contributed by atoms with van der Waals surface area (Å²) in [7, 11) is -3.75. The van der Waals surface area contributed by atoms with Crippen LogP contribution in [0.15, 0.2) is 47.6 Å². The van der Waals surface area contributed by atoms with E-state index in [1.807, 2.05) is 12.1 Å². The smallest absolute Gasteiger partial charge is 0.271 e. The zero-order chi connectivity index (χ0) is 18.4. The van der Waals surface area contributed by atoms with Gasteiger partial charge in [-0.3, -0.25) is 4.98 Å². The maximum absolute atomic E-state index is 13.5. The van der Waals surface area contributed by atoms with Crippen molar-refractivity contribution in [2.24, 2.45) is 5.92 Å². The molecule has 0 bridgehead atoms. The largest absolute Gasteiger partial charge is 0.492 e. The molecule has 0 spiro atoms. The summed E-state index contributed by atoms with van der Waals surface area (Å²) in [4.78, 5) is 4.75. The van der Waals surface area contributed by atoms with Crippen molar-refractivity contribution in [3.05, 3.63) is 53.9 Å². The molecule has 0 atom stereocenters. The molecule has 27 heavy (non-hydrogen) atoms. The number of rotatable bonds is 4. The monoisotopic (exact) mass is 382 g/mol. The highest BCUT2D eigenvalue weighted by atomic mass is 32.2. The second kappa shape index (κ2) is 6.37. The van der Waals surface area contributed by atoms with E-state index in [0.29, 0.717) is 23.8 Å². The average Bonchev–Trinajstić information content (AvgIpc) is 3.42. The van der Waals surface area contributed by atoms with Crippen LogP contribution in [0.2, 0.25) is 0 Å². The highest BCUT2D eigenvalue weighted by Crippen LogP contribution is 2.36. The molecule has 6 heteroatoms. The zero-order valence-electron chi connectivity index (χ0n) is 15.1. The fourth-order valence-corrected chi connectivity index (χ4v) is 6.02. The van der Waals surface area contributed by atoms with Crippen molar-refractivity contribution in [3.63, 3.8) is 0 Å². The van der Waals surface area contributed by atoms with Crippen molar-refractivity contribution in [1.82, 2.24) is 8.96 Å². The fourth-order valence-electron chi connectivity index (χ4n) is 4.46. The van der Waals surface area contributed by atoms with Gasteiger partial charge in [-0.2, -0.15) is 0 Å². The number of hydrogen-bond acceptors (Lipinski definition) is 4.